The largest absolute Gasteiger partial charge is 0.481 e. The fraction of sp³-hybridized carbons (Fsp3) is 0.438. The molecule has 100 valence electrons. The fourth-order valence-corrected chi connectivity index (χ4v) is 2.77. The van der Waals surface area contributed by atoms with Gasteiger partial charge in [-0.15, -0.1) is 0 Å². The Morgan fingerprint density at radius 1 is 1.42 bits per heavy atom. The van der Waals surface area contributed by atoms with Crippen molar-refractivity contribution in [2.24, 2.45) is 5.92 Å². The first-order valence-corrected chi connectivity index (χ1v) is 6.94. The fourth-order valence-electron chi connectivity index (χ4n) is 2.77. The average molecular weight is 257 g/mol. The van der Waals surface area contributed by atoms with Crippen LogP contribution in [0, 0.1) is 5.92 Å². The predicted molar refractivity (Wildman–Crippen MR) is 75.3 cm³/mol. The molecule has 1 N–H and O–H groups in total. The van der Waals surface area contributed by atoms with Gasteiger partial charge in [0.2, 0.25) is 0 Å². The number of nitrogens with zero attached hydrogens (tertiary/aromatic N) is 1. The molecule has 0 aliphatic heterocycles. The van der Waals surface area contributed by atoms with Crippen LogP contribution in [0.3, 0.4) is 0 Å². The normalized spacial score (nSPS) is 16.7. The molecule has 0 spiro atoms. The van der Waals surface area contributed by atoms with E-state index in [9.17, 15) is 4.79 Å². The molecule has 1 aromatic heterocycles. The zero-order valence-corrected chi connectivity index (χ0v) is 11.2. The van der Waals surface area contributed by atoms with Gasteiger partial charge in [-0.1, -0.05) is 25.1 Å². The molecule has 1 fully saturated rings. The molecule has 3 rings (SSSR count). The van der Waals surface area contributed by atoms with Crippen molar-refractivity contribution in [1.29, 1.82) is 0 Å². The van der Waals surface area contributed by atoms with Crippen LogP contribution < -0.4 is 0 Å². The topological polar surface area (TPSA) is 42.2 Å². The number of carboxylic acids is 1. The van der Waals surface area contributed by atoms with E-state index in [1.807, 2.05) is 13.0 Å². The number of hydrogen-bond acceptors (Lipinski definition) is 1. The molecule has 1 saturated carbocycles. The molecule has 3 heteroatoms. The van der Waals surface area contributed by atoms with Crippen molar-refractivity contribution in [1.82, 2.24) is 4.57 Å². The lowest BCUT2D eigenvalue weighted by Gasteiger charge is -2.06. The van der Waals surface area contributed by atoms with E-state index in [2.05, 4.69) is 29.0 Å². The maximum Gasteiger partial charge on any atom is 0.303 e. The number of carbonyl (C=O) groups is 1. The second-order valence-corrected chi connectivity index (χ2v) is 5.70. The summed E-state index contributed by atoms with van der Waals surface area (Å²) in [5, 5.41) is 10.2. The number of rotatable bonds is 5. The SMILES string of the molecule is CC(CC(=O)O)c1cn(CC2CC2)c2ccccc12. The molecule has 0 bridgehead atoms. The summed E-state index contributed by atoms with van der Waals surface area (Å²) in [6.07, 6.45) is 5.01. The smallest absolute Gasteiger partial charge is 0.303 e. The van der Waals surface area contributed by atoms with Gasteiger partial charge in [-0.05, 0) is 36.3 Å². The molecule has 19 heavy (non-hydrogen) atoms. The van der Waals surface area contributed by atoms with Crippen LogP contribution in [-0.2, 0) is 11.3 Å². The zero-order valence-electron chi connectivity index (χ0n) is 11.2. The molecular formula is C16H19NO2. The van der Waals surface area contributed by atoms with E-state index >= 15 is 0 Å². The summed E-state index contributed by atoms with van der Waals surface area (Å²) in [4.78, 5) is 10.9. The summed E-state index contributed by atoms with van der Waals surface area (Å²) in [6.45, 7) is 3.07. The molecule has 1 aromatic carbocycles. The summed E-state index contributed by atoms with van der Waals surface area (Å²) in [7, 11) is 0. The van der Waals surface area contributed by atoms with E-state index < -0.39 is 5.97 Å². The highest BCUT2D eigenvalue weighted by atomic mass is 16.4. The van der Waals surface area contributed by atoms with Crippen LogP contribution in [0.4, 0.5) is 0 Å². The summed E-state index contributed by atoms with van der Waals surface area (Å²) in [6, 6.07) is 8.32. The van der Waals surface area contributed by atoms with Gasteiger partial charge >= 0.3 is 5.97 Å². The van der Waals surface area contributed by atoms with Crippen molar-refractivity contribution in [3.8, 4) is 0 Å². The van der Waals surface area contributed by atoms with E-state index in [-0.39, 0.29) is 12.3 Å². The second-order valence-electron chi connectivity index (χ2n) is 5.70. The van der Waals surface area contributed by atoms with Crippen LogP contribution in [0.1, 0.15) is 37.7 Å². The van der Waals surface area contributed by atoms with Gasteiger partial charge in [0, 0.05) is 23.6 Å². The van der Waals surface area contributed by atoms with Gasteiger partial charge in [0.15, 0.2) is 0 Å². The van der Waals surface area contributed by atoms with E-state index in [4.69, 9.17) is 5.11 Å². The van der Waals surface area contributed by atoms with E-state index in [0.717, 1.165) is 12.5 Å². The summed E-state index contributed by atoms with van der Waals surface area (Å²) in [5.41, 5.74) is 2.40. The third-order valence-corrected chi connectivity index (χ3v) is 3.98. The lowest BCUT2D eigenvalue weighted by Crippen LogP contribution is -2.02. The van der Waals surface area contributed by atoms with Crippen LogP contribution in [0.5, 0.6) is 0 Å². The number of aromatic nitrogens is 1. The highest BCUT2D eigenvalue weighted by Crippen LogP contribution is 2.35. The van der Waals surface area contributed by atoms with E-state index in [1.165, 1.54) is 29.3 Å². The molecule has 1 unspecified atom stereocenters. The van der Waals surface area contributed by atoms with Gasteiger partial charge in [0.1, 0.15) is 0 Å². The number of carboxylic acid groups (broad SMARTS) is 1. The van der Waals surface area contributed by atoms with Crippen molar-refractivity contribution < 1.29 is 9.90 Å². The maximum atomic E-state index is 10.9. The Labute approximate surface area is 112 Å². The third-order valence-electron chi connectivity index (χ3n) is 3.98. The number of hydrogen-bond donors (Lipinski definition) is 1. The Kier molecular flexibility index (Phi) is 3.05. The van der Waals surface area contributed by atoms with Crippen molar-refractivity contribution in [2.75, 3.05) is 0 Å². The van der Waals surface area contributed by atoms with Crippen LogP contribution in [0.15, 0.2) is 30.5 Å². The molecule has 1 aliphatic rings. The van der Waals surface area contributed by atoms with E-state index in [0.29, 0.717) is 0 Å². The van der Waals surface area contributed by atoms with Crippen molar-refractivity contribution in [3.63, 3.8) is 0 Å². The van der Waals surface area contributed by atoms with Crippen LogP contribution >= 0.6 is 0 Å². The summed E-state index contributed by atoms with van der Waals surface area (Å²) in [5.74, 6) is 0.146. The van der Waals surface area contributed by atoms with Gasteiger partial charge in [0.25, 0.3) is 0 Å². The molecule has 3 nitrogen and oxygen atoms in total. The molecule has 1 aliphatic carbocycles. The average Bonchev–Trinajstić information content (AvgIpc) is 3.10. The maximum absolute atomic E-state index is 10.9. The molecule has 0 amide bonds. The minimum atomic E-state index is -0.730. The number of para-hydroxylation sites is 1. The number of fused-ring (bicyclic) bond motifs is 1. The van der Waals surface area contributed by atoms with Gasteiger partial charge < -0.3 is 9.67 Å². The summed E-state index contributed by atoms with van der Waals surface area (Å²) >= 11 is 0. The Bertz CT molecular complexity index is 610. The number of benzene rings is 1. The minimum absolute atomic E-state index is 0.0582. The Balaban J connectivity index is 2.00. The molecule has 2 aromatic rings. The monoisotopic (exact) mass is 257 g/mol. The molecule has 1 heterocycles. The van der Waals surface area contributed by atoms with Crippen LogP contribution in [0.25, 0.3) is 10.9 Å². The Hall–Kier alpha value is -1.77. The Morgan fingerprint density at radius 2 is 2.16 bits per heavy atom. The molecule has 1 atom stereocenters. The molecule has 0 saturated heterocycles. The minimum Gasteiger partial charge on any atom is -0.481 e. The van der Waals surface area contributed by atoms with Crippen molar-refractivity contribution in [3.05, 3.63) is 36.0 Å². The van der Waals surface area contributed by atoms with Crippen LogP contribution in [0.2, 0.25) is 0 Å². The van der Waals surface area contributed by atoms with Gasteiger partial charge in [-0.25, -0.2) is 0 Å². The first kappa shape index (κ1) is 12.3. The van der Waals surface area contributed by atoms with Crippen LogP contribution in [-0.4, -0.2) is 15.6 Å². The first-order chi connectivity index (χ1) is 9.15. The zero-order chi connectivity index (χ0) is 13.4. The lowest BCUT2D eigenvalue weighted by molar-refractivity contribution is -0.137. The van der Waals surface area contributed by atoms with Crippen molar-refractivity contribution in [2.45, 2.75) is 38.6 Å². The summed E-state index contributed by atoms with van der Waals surface area (Å²) < 4.78 is 2.31. The molecular weight excluding hydrogens is 238 g/mol. The van der Waals surface area contributed by atoms with Gasteiger partial charge in [-0.3, -0.25) is 4.79 Å². The standard InChI is InChI=1S/C16H19NO2/c1-11(8-16(18)19)14-10-17(9-12-6-7-12)15-5-3-2-4-13(14)15/h2-5,10-12H,6-9H2,1H3,(H,18,19). The van der Waals surface area contributed by atoms with Crippen molar-refractivity contribution >= 4 is 16.9 Å². The lowest BCUT2D eigenvalue weighted by atomic mass is 9.97. The third kappa shape index (κ3) is 2.50. The van der Waals surface area contributed by atoms with Gasteiger partial charge in [0.05, 0.1) is 6.42 Å². The predicted octanol–water partition coefficient (Wildman–Crippen LogP) is 3.63. The highest BCUT2D eigenvalue weighted by molar-refractivity contribution is 5.85. The second kappa shape index (κ2) is 4.72. The van der Waals surface area contributed by atoms with E-state index in [1.54, 1.807) is 0 Å². The highest BCUT2D eigenvalue weighted by Gasteiger charge is 2.23. The Morgan fingerprint density at radius 3 is 2.84 bits per heavy atom. The number of aliphatic carboxylic acids is 1. The quantitative estimate of drug-likeness (QED) is 0.888. The first-order valence-electron chi connectivity index (χ1n) is 6.94. The molecule has 0 radical (unpaired) electrons. The van der Waals surface area contributed by atoms with Gasteiger partial charge in [-0.2, -0.15) is 0 Å².